The van der Waals surface area contributed by atoms with Gasteiger partial charge in [0.05, 0.1) is 18.8 Å². The Balaban J connectivity index is 1.31. The Bertz CT molecular complexity index is 598. The molecule has 4 rings (SSSR count). The molecule has 0 aromatic heterocycles. The summed E-state index contributed by atoms with van der Waals surface area (Å²) in [6.07, 6.45) is 2.38. The lowest BCUT2D eigenvalue weighted by molar-refractivity contribution is -0.120. The molecule has 1 aromatic carbocycles. The Morgan fingerprint density at radius 3 is 2.64 bits per heavy atom. The first-order valence-electron chi connectivity index (χ1n) is 9.37. The number of para-hydroxylation sites is 2. The lowest BCUT2D eigenvalue weighted by Gasteiger charge is -2.40. The largest absolute Gasteiger partial charge is 0.490 e. The molecule has 1 aromatic rings. The van der Waals surface area contributed by atoms with Crippen LogP contribution in [0.25, 0.3) is 0 Å². The zero-order valence-electron chi connectivity index (χ0n) is 14.7. The first-order valence-corrected chi connectivity index (χ1v) is 10.5. The van der Waals surface area contributed by atoms with Gasteiger partial charge in [0.2, 0.25) is 5.91 Å². The van der Waals surface area contributed by atoms with Gasteiger partial charge in [0.1, 0.15) is 12.4 Å². The molecule has 3 heterocycles. The second kappa shape index (κ2) is 7.98. The summed E-state index contributed by atoms with van der Waals surface area (Å²) in [6.45, 7) is 6.29. The molecule has 136 valence electrons. The Morgan fingerprint density at radius 2 is 1.84 bits per heavy atom. The maximum atomic E-state index is 12.8. The predicted molar refractivity (Wildman–Crippen MR) is 103 cm³/mol. The fraction of sp³-hybridized carbons (Fsp3) is 0.632. The number of anilines is 1. The van der Waals surface area contributed by atoms with Gasteiger partial charge in [-0.3, -0.25) is 14.6 Å². The van der Waals surface area contributed by atoms with E-state index in [9.17, 15) is 4.79 Å². The molecular weight excluding hydrogens is 334 g/mol. The SMILES string of the molecule is O=C(CN1CCC(N2CCSCC2)CC1)N1CCOc2ccccc21. The Hall–Kier alpha value is -1.24. The van der Waals surface area contributed by atoms with E-state index in [0.717, 1.165) is 30.6 Å². The van der Waals surface area contributed by atoms with E-state index in [1.54, 1.807) is 0 Å². The molecule has 5 nitrogen and oxygen atoms in total. The van der Waals surface area contributed by atoms with Crippen molar-refractivity contribution in [1.29, 1.82) is 0 Å². The highest BCUT2D eigenvalue weighted by atomic mass is 32.2. The maximum Gasteiger partial charge on any atom is 0.241 e. The van der Waals surface area contributed by atoms with Crippen molar-refractivity contribution in [2.24, 2.45) is 0 Å². The van der Waals surface area contributed by atoms with Crippen LogP contribution in [-0.2, 0) is 4.79 Å². The smallest absolute Gasteiger partial charge is 0.241 e. The zero-order chi connectivity index (χ0) is 17.1. The quantitative estimate of drug-likeness (QED) is 0.822. The van der Waals surface area contributed by atoms with Crippen LogP contribution in [-0.4, -0.2) is 79.1 Å². The number of amides is 1. The third kappa shape index (κ3) is 3.96. The molecule has 2 saturated heterocycles. The minimum atomic E-state index is 0.198. The van der Waals surface area contributed by atoms with Gasteiger partial charge in [-0.05, 0) is 25.0 Å². The first kappa shape index (κ1) is 17.2. The number of rotatable bonds is 3. The molecule has 1 amide bonds. The standard InChI is InChI=1S/C19H27N3O2S/c23-19(22-9-12-24-18-4-2-1-3-17(18)22)15-20-7-5-16(6-8-20)21-10-13-25-14-11-21/h1-4,16H,5-15H2. The molecule has 0 atom stereocenters. The summed E-state index contributed by atoms with van der Waals surface area (Å²) in [5.41, 5.74) is 0.916. The molecule has 6 heteroatoms. The van der Waals surface area contributed by atoms with Crippen LogP contribution >= 0.6 is 11.8 Å². The Labute approximate surface area is 154 Å². The van der Waals surface area contributed by atoms with E-state index < -0.39 is 0 Å². The van der Waals surface area contributed by atoms with Gasteiger partial charge in [-0.1, -0.05) is 12.1 Å². The maximum absolute atomic E-state index is 12.8. The van der Waals surface area contributed by atoms with Gasteiger partial charge in [0, 0.05) is 43.7 Å². The van der Waals surface area contributed by atoms with E-state index >= 15 is 0 Å². The monoisotopic (exact) mass is 361 g/mol. The van der Waals surface area contributed by atoms with Crippen molar-refractivity contribution < 1.29 is 9.53 Å². The number of likely N-dealkylation sites (tertiary alicyclic amines) is 1. The normalized spacial score (nSPS) is 23.1. The van der Waals surface area contributed by atoms with Gasteiger partial charge < -0.3 is 9.64 Å². The number of piperidine rings is 1. The summed E-state index contributed by atoms with van der Waals surface area (Å²) >= 11 is 2.07. The van der Waals surface area contributed by atoms with Crippen molar-refractivity contribution in [2.45, 2.75) is 18.9 Å². The van der Waals surface area contributed by atoms with Crippen molar-refractivity contribution >= 4 is 23.4 Å². The summed E-state index contributed by atoms with van der Waals surface area (Å²) in [5.74, 6) is 3.57. The van der Waals surface area contributed by atoms with Crippen LogP contribution in [0, 0.1) is 0 Å². The number of nitrogens with zero attached hydrogens (tertiary/aromatic N) is 3. The van der Waals surface area contributed by atoms with Crippen LogP contribution in [0.1, 0.15) is 12.8 Å². The summed E-state index contributed by atoms with van der Waals surface area (Å²) in [4.78, 5) is 19.7. The second-order valence-corrected chi connectivity index (χ2v) is 8.24. The van der Waals surface area contributed by atoms with Crippen LogP contribution in [0.4, 0.5) is 5.69 Å². The van der Waals surface area contributed by atoms with E-state index in [0.29, 0.717) is 19.7 Å². The van der Waals surface area contributed by atoms with Gasteiger partial charge in [0.15, 0.2) is 0 Å². The van der Waals surface area contributed by atoms with Gasteiger partial charge in [0.25, 0.3) is 0 Å². The third-order valence-corrected chi connectivity index (χ3v) is 6.45. The molecule has 3 aliphatic rings. The molecule has 0 radical (unpaired) electrons. The molecule has 0 N–H and O–H groups in total. The third-order valence-electron chi connectivity index (χ3n) is 5.51. The number of thioether (sulfide) groups is 1. The fourth-order valence-corrected chi connectivity index (χ4v) is 5.02. The number of fused-ring (bicyclic) bond motifs is 1. The highest BCUT2D eigenvalue weighted by Crippen LogP contribution is 2.31. The molecular formula is C19H27N3O2S. The summed E-state index contributed by atoms with van der Waals surface area (Å²) in [5, 5.41) is 0. The number of benzene rings is 1. The van der Waals surface area contributed by atoms with Crippen molar-refractivity contribution in [3.63, 3.8) is 0 Å². The van der Waals surface area contributed by atoms with Crippen LogP contribution in [0.5, 0.6) is 5.75 Å². The van der Waals surface area contributed by atoms with Gasteiger partial charge in [-0.25, -0.2) is 0 Å². The molecule has 0 bridgehead atoms. The zero-order valence-corrected chi connectivity index (χ0v) is 15.5. The van der Waals surface area contributed by atoms with E-state index in [1.165, 1.54) is 37.4 Å². The lowest BCUT2D eigenvalue weighted by atomic mass is 10.0. The lowest BCUT2D eigenvalue weighted by Crippen LogP contribution is -2.50. The number of hydrogen-bond donors (Lipinski definition) is 0. The molecule has 0 aliphatic carbocycles. The van der Waals surface area contributed by atoms with Crippen molar-refractivity contribution in [3.8, 4) is 5.75 Å². The summed E-state index contributed by atoms with van der Waals surface area (Å²) in [6, 6.07) is 8.56. The molecule has 3 aliphatic heterocycles. The minimum Gasteiger partial charge on any atom is -0.490 e. The van der Waals surface area contributed by atoms with E-state index in [2.05, 4.69) is 21.6 Å². The van der Waals surface area contributed by atoms with Crippen LogP contribution in [0.3, 0.4) is 0 Å². The number of carbonyl (C=O) groups excluding carboxylic acids is 1. The van der Waals surface area contributed by atoms with Crippen LogP contribution < -0.4 is 9.64 Å². The minimum absolute atomic E-state index is 0.198. The number of hydrogen-bond acceptors (Lipinski definition) is 5. The molecule has 0 spiro atoms. The Morgan fingerprint density at radius 1 is 1.08 bits per heavy atom. The number of ether oxygens (including phenoxy) is 1. The van der Waals surface area contributed by atoms with Gasteiger partial charge >= 0.3 is 0 Å². The highest BCUT2D eigenvalue weighted by molar-refractivity contribution is 7.99. The highest BCUT2D eigenvalue weighted by Gasteiger charge is 2.29. The number of carbonyl (C=O) groups is 1. The second-order valence-electron chi connectivity index (χ2n) is 7.02. The topological polar surface area (TPSA) is 36.0 Å². The van der Waals surface area contributed by atoms with Crippen molar-refractivity contribution in [2.75, 3.05) is 62.3 Å². The van der Waals surface area contributed by atoms with Crippen LogP contribution in [0.15, 0.2) is 24.3 Å². The molecule has 0 saturated carbocycles. The first-order chi connectivity index (χ1) is 12.3. The van der Waals surface area contributed by atoms with Crippen molar-refractivity contribution in [1.82, 2.24) is 9.80 Å². The summed E-state index contributed by atoms with van der Waals surface area (Å²) in [7, 11) is 0. The Kier molecular flexibility index (Phi) is 5.48. The molecule has 25 heavy (non-hydrogen) atoms. The van der Waals surface area contributed by atoms with Crippen molar-refractivity contribution in [3.05, 3.63) is 24.3 Å². The van der Waals surface area contributed by atoms with Gasteiger partial charge in [-0.15, -0.1) is 0 Å². The molecule has 0 unspecified atom stereocenters. The van der Waals surface area contributed by atoms with E-state index in [1.807, 2.05) is 29.2 Å². The fourth-order valence-electron chi connectivity index (χ4n) is 4.09. The van der Waals surface area contributed by atoms with E-state index in [4.69, 9.17) is 4.74 Å². The van der Waals surface area contributed by atoms with Crippen LogP contribution in [0.2, 0.25) is 0 Å². The van der Waals surface area contributed by atoms with Gasteiger partial charge in [-0.2, -0.15) is 11.8 Å². The summed E-state index contributed by atoms with van der Waals surface area (Å²) < 4.78 is 5.66. The average Bonchev–Trinajstić information content (AvgIpc) is 2.69. The predicted octanol–water partition coefficient (Wildman–Crippen LogP) is 1.93. The van der Waals surface area contributed by atoms with E-state index in [-0.39, 0.29) is 5.91 Å². The average molecular weight is 362 g/mol. The molecule has 2 fully saturated rings.